The highest BCUT2D eigenvalue weighted by Gasteiger charge is 2.24. The summed E-state index contributed by atoms with van der Waals surface area (Å²) in [7, 11) is 0. The van der Waals surface area contributed by atoms with E-state index in [1.165, 1.54) is 22.7 Å². The average molecular weight is 300 g/mol. The first-order valence-electron chi connectivity index (χ1n) is 7.59. The molecular weight excluding hydrogens is 282 g/mol. The van der Waals surface area contributed by atoms with E-state index in [2.05, 4.69) is 47.4 Å². The van der Waals surface area contributed by atoms with Gasteiger partial charge in [-0.1, -0.05) is 24.3 Å². The zero-order valence-electron chi connectivity index (χ0n) is 11.8. The molecule has 0 saturated carbocycles. The second-order valence-electron chi connectivity index (χ2n) is 5.78. The third-order valence-corrected chi connectivity index (χ3v) is 4.92. The van der Waals surface area contributed by atoms with Crippen LogP contribution in [0.4, 0.5) is 0 Å². The SMILES string of the molecule is ClC(c1ccc2[nH]c3ccccc3c2c1)C1CCCCO1. The van der Waals surface area contributed by atoms with Gasteiger partial charge in [0.15, 0.2) is 0 Å². The molecule has 0 bridgehead atoms. The molecule has 3 aromatic rings. The Hall–Kier alpha value is -1.51. The Labute approximate surface area is 129 Å². The van der Waals surface area contributed by atoms with Gasteiger partial charge in [0, 0.05) is 28.4 Å². The van der Waals surface area contributed by atoms with Gasteiger partial charge in [-0.15, -0.1) is 11.6 Å². The van der Waals surface area contributed by atoms with Gasteiger partial charge in [-0.3, -0.25) is 0 Å². The largest absolute Gasteiger partial charge is 0.376 e. The summed E-state index contributed by atoms with van der Waals surface area (Å²) in [6.07, 6.45) is 3.56. The van der Waals surface area contributed by atoms with Crippen molar-refractivity contribution in [3.05, 3.63) is 48.0 Å². The van der Waals surface area contributed by atoms with Crippen molar-refractivity contribution in [2.75, 3.05) is 6.61 Å². The predicted molar refractivity (Wildman–Crippen MR) is 88.0 cm³/mol. The topological polar surface area (TPSA) is 25.0 Å². The van der Waals surface area contributed by atoms with E-state index >= 15 is 0 Å². The highest BCUT2D eigenvalue weighted by atomic mass is 35.5. The molecule has 21 heavy (non-hydrogen) atoms. The van der Waals surface area contributed by atoms with E-state index in [1.807, 2.05) is 0 Å². The van der Waals surface area contributed by atoms with Crippen molar-refractivity contribution in [1.82, 2.24) is 4.98 Å². The number of hydrogen-bond acceptors (Lipinski definition) is 1. The summed E-state index contributed by atoms with van der Waals surface area (Å²) in [5.41, 5.74) is 3.49. The highest BCUT2D eigenvalue weighted by Crippen LogP contribution is 2.35. The first-order valence-corrected chi connectivity index (χ1v) is 8.02. The Morgan fingerprint density at radius 2 is 1.90 bits per heavy atom. The summed E-state index contributed by atoms with van der Waals surface area (Å²) in [5.74, 6) is 0. The number of hydrogen-bond donors (Lipinski definition) is 1. The molecule has 0 amide bonds. The standard InChI is InChI=1S/C18H18ClNO/c19-18(17-7-3-4-10-21-17)12-8-9-16-14(11-12)13-5-1-2-6-15(13)20-16/h1-2,5-6,8-9,11,17-18,20H,3-4,7,10H2. The number of rotatable bonds is 2. The number of aromatic nitrogens is 1. The molecule has 108 valence electrons. The summed E-state index contributed by atoms with van der Waals surface area (Å²) >= 11 is 6.67. The van der Waals surface area contributed by atoms with Crippen LogP contribution in [0.1, 0.15) is 30.2 Å². The first kappa shape index (κ1) is 13.2. The Balaban J connectivity index is 1.76. The van der Waals surface area contributed by atoms with E-state index in [-0.39, 0.29) is 11.5 Å². The lowest BCUT2D eigenvalue weighted by molar-refractivity contribution is 0.0136. The molecule has 0 aliphatic carbocycles. The predicted octanol–water partition coefficient (Wildman–Crippen LogP) is 5.17. The molecule has 0 spiro atoms. The Morgan fingerprint density at radius 1 is 1.05 bits per heavy atom. The van der Waals surface area contributed by atoms with Gasteiger partial charge < -0.3 is 9.72 Å². The van der Waals surface area contributed by atoms with E-state index in [1.54, 1.807) is 0 Å². The third-order valence-electron chi connectivity index (χ3n) is 4.39. The fourth-order valence-electron chi connectivity index (χ4n) is 3.25. The lowest BCUT2D eigenvalue weighted by Gasteiger charge is -2.27. The van der Waals surface area contributed by atoms with Crippen LogP contribution in [0, 0.1) is 0 Å². The van der Waals surface area contributed by atoms with Crippen LogP contribution in [-0.2, 0) is 4.74 Å². The number of ether oxygens (including phenoxy) is 1. The van der Waals surface area contributed by atoms with Gasteiger partial charge in [-0.2, -0.15) is 0 Å². The zero-order chi connectivity index (χ0) is 14.2. The van der Waals surface area contributed by atoms with Gasteiger partial charge in [0.25, 0.3) is 0 Å². The van der Waals surface area contributed by atoms with Crippen LogP contribution < -0.4 is 0 Å². The maximum absolute atomic E-state index is 6.67. The number of para-hydroxylation sites is 1. The lowest BCUT2D eigenvalue weighted by atomic mass is 9.99. The molecule has 0 radical (unpaired) electrons. The minimum Gasteiger partial charge on any atom is -0.376 e. The summed E-state index contributed by atoms with van der Waals surface area (Å²) in [4.78, 5) is 3.45. The van der Waals surface area contributed by atoms with Gasteiger partial charge in [0.1, 0.15) is 0 Å². The smallest absolute Gasteiger partial charge is 0.0847 e. The van der Waals surface area contributed by atoms with Crippen molar-refractivity contribution in [2.24, 2.45) is 0 Å². The molecule has 1 aliphatic rings. The molecule has 2 aromatic carbocycles. The summed E-state index contributed by atoms with van der Waals surface area (Å²) in [6, 6.07) is 14.8. The van der Waals surface area contributed by atoms with Crippen molar-refractivity contribution in [3.8, 4) is 0 Å². The van der Waals surface area contributed by atoms with Gasteiger partial charge >= 0.3 is 0 Å². The number of nitrogens with one attached hydrogen (secondary N) is 1. The van der Waals surface area contributed by atoms with Crippen LogP contribution in [0.2, 0.25) is 0 Å². The van der Waals surface area contributed by atoms with Crippen LogP contribution in [-0.4, -0.2) is 17.7 Å². The second kappa shape index (κ2) is 5.36. The summed E-state index contributed by atoms with van der Waals surface area (Å²) in [6.45, 7) is 0.837. The van der Waals surface area contributed by atoms with Gasteiger partial charge in [-0.05, 0) is 43.0 Å². The van der Waals surface area contributed by atoms with Gasteiger partial charge in [-0.25, -0.2) is 0 Å². The average Bonchev–Trinajstić information content (AvgIpc) is 2.93. The van der Waals surface area contributed by atoms with Gasteiger partial charge in [0.2, 0.25) is 0 Å². The molecule has 1 N–H and O–H groups in total. The quantitative estimate of drug-likeness (QED) is 0.649. The van der Waals surface area contributed by atoms with Crippen molar-refractivity contribution in [2.45, 2.75) is 30.7 Å². The number of benzene rings is 2. The number of H-pyrrole nitrogens is 1. The molecular formula is C18H18ClNO. The van der Waals surface area contributed by atoms with Crippen molar-refractivity contribution < 1.29 is 4.74 Å². The number of aromatic amines is 1. The highest BCUT2D eigenvalue weighted by molar-refractivity contribution is 6.21. The fourth-order valence-corrected chi connectivity index (χ4v) is 3.58. The molecule has 2 nitrogen and oxygen atoms in total. The monoisotopic (exact) mass is 299 g/mol. The third kappa shape index (κ3) is 2.33. The Morgan fingerprint density at radius 3 is 2.76 bits per heavy atom. The van der Waals surface area contributed by atoms with Crippen molar-refractivity contribution >= 4 is 33.4 Å². The molecule has 3 heteroatoms. The summed E-state index contributed by atoms with van der Waals surface area (Å²) in [5, 5.41) is 2.43. The van der Waals surface area contributed by atoms with E-state index in [0.29, 0.717) is 0 Å². The van der Waals surface area contributed by atoms with E-state index < -0.39 is 0 Å². The van der Waals surface area contributed by atoms with Crippen LogP contribution in [0.25, 0.3) is 21.8 Å². The molecule has 1 aliphatic heterocycles. The molecule has 2 atom stereocenters. The molecule has 4 rings (SSSR count). The molecule has 1 fully saturated rings. The second-order valence-corrected chi connectivity index (χ2v) is 6.25. The minimum absolute atomic E-state index is 0.0663. The summed E-state index contributed by atoms with van der Waals surface area (Å²) < 4.78 is 5.84. The maximum Gasteiger partial charge on any atom is 0.0847 e. The van der Waals surface area contributed by atoms with E-state index in [0.717, 1.165) is 30.5 Å². The number of alkyl halides is 1. The Bertz CT molecular complexity index is 773. The van der Waals surface area contributed by atoms with E-state index in [4.69, 9.17) is 16.3 Å². The van der Waals surface area contributed by atoms with E-state index in [9.17, 15) is 0 Å². The first-order chi connectivity index (χ1) is 10.3. The van der Waals surface area contributed by atoms with Crippen LogP contribution in [0.15, 0.2) is 42.5 Å². The van der Waals surface area contributed by atoms with Gasteiger partial charge in [0.05, 0.1) is 11.5 Å². The fraction of sp³-hybridized carbons (Fsp3) is 0.333. The molecule has 1 saturated heterocycles. The van der Waals surface area contributed by atoms with Crippen molar-refractivity contribution in [1.29, 1.82) is 0 Å². The van der Waals surface area contributed by atoms with Crippen LogP contribution >= 0.6 is 11.6 Å². The minimum atomic E-state index is -0.0663. The zero-order valence-corrected chi connectivity index (χ0v) is 12.6. The normalized spacial score (nSPS) is 20.9. The molecule has 2 heterocycles. The molecule has 1 aromatic heterocycles. The van der Waals surface area contributed by atoms with Crippen LogP contribution in [0.5, 0.6) is 0 Å². The molecule has 2 unspecified atom stereocenters. The number of fused-ring (bicyclic) bond motifs is 3. The Kier molecular flexibility index (Phi) is 3.36. The maximum atomic E-state index is 6.67. The van der Waals surface area contributed by atoms with Crippen LogP contribution in [0.3, 0.4) is 0 Å². The number of halogens is 1. The lowest BCUT2D eigenvalue weighted by Crippen LogP contribution is -2.23. The van der Waals surface area contributed by atoms with Crippen molar-refractivity contribution in [3.63, 3.8) is 0 Å².